The van der Waals surface area contributed by atoms with Crippen LogP contribution in [0.15, 0.2) is 95.9 Å². The Balaban J connectivity index is 1.17. The zero-order valence-corrected chi connectivity index (χ0v) is 22.4. The van der Waals surface area contributed by atoms with Crippen LogP contribution in [0.3, 0.4) is 0 Å². The highest BCUT2D eigenvalue weighted by molar-refractivity contribution is 7.89. The molecule has 0 fully saturated rings. The van der Waals surface area contributed by atoms with Crippen molar-refractivity contribution in [1.82, 2.24) is 15.0 Å². The fourth-order valence-corrected chi connectivity index (χ4v) is 5.33. The number of nitrogens with one attached hydrogen (secondary N) is 3. The van der Waals surface area contributed by atoms with Crippen molar-refractivity contribution in [3.05, 3.63) is 102 Å². The summed E-state index contributed by atoms with van der Waals surface area (Å²) < 4.78 is 39.4. The van der Waals surface area contributed by atoms with Crippen molar-refractivity contribution in [3.63, 3.8) is 0 Å². The van der Waals surface area contributed by atoms with E-state index in [1.165, 1.54) is 18.5 Å². The van der Waals surface area contributed by atoms with Crippen LogP contribution in [0.1, 0.15) is 17.2 Å². The van der Waals surface area contributed by atoms with E-state index in [0.29, 0.717) is 18.7 Å². The van der Waals surface area contributed by atoms with Gasteiger partial charge in [-0.15, -0.1) is 0 Å². The summed E-state index contributed by atoms with van der Waals surface area (Å²) in [4.78, 5) is 3.39. The van der Waals surface area contributed by atoms with Crippen LogP contribution in [0.4, 0.5) is 0 Å². The maximum absolute atomic E-state index is 12.7. The molecule has 0 spiro atoms. The number of rotatable bonds is 12. The summed E-state index contributed by atoms with van der Waals surface area (Å²) in [6, 6.07) is 28.3. The van der Waals surface area contributed by atoms with Gasteiger partial charge < -0.3 is 24.9 Å². The molecule has 0 saturated carbocycles. The lowest BCUT2D eigenvalue weighted by atomic mass is 10.1. The summed E-state index contributed by atoms with van der Waals surface area (Å²) >= 11 is 0. The first-order chi connectivity index (χ1) is 18.9. The van der Waals surface area contributed by atoms with Gasteiger partial charge in [0.15, 0.2) is 0 Å². The molecule has 1 aromatic heterocycles. The lowest BCUT2D eigenvalue weighted by molar-refractivity contribution is 0.171. The average molecular weight is 546 g/mol. The van der Waals surface area contributed by atoms with Crippen LogP contribution in [-0.2, 0) is 16.6 Å². The quantitative estimate of drug-likeness (QED) is 0.172. The summed E-state index contributed by atoms with van der Waals surface area (Å²) in [5, 5.41) is 16.2. The lowest BCUT2D eigenvalue weighted by Gasteiger charge is -2.17. The predicted octanol–water partition coefficient (Wildman–Crippen LogP) is 4.51. The van der Waals surface area contributed by atoms with E-state index in [2.05, 4.69) is 21.1 Å². The van der Waals surface area contributed by atoms with E-state index in [0.717, 1.165) is 27.7 Å². The number of aromatic nitrogens is 1. The van der Waals surface area contributed by atoms with Gasteiger partial charge in [0.1, 0.15) is 29.6 Å². The number of hydrogen-bond acceptors (Lipinski definition) is 6. The second-order valence-corrected chi connectivity index (χ2v) is 11.0. The predicted molar refractivity (Wildman–Crippen MR) is 153 cm³/mol. The van der Waals surface area contributed by atoms with Crippen LogP contribution in [0.2, 0.25) is 0 Å². The van der Waals surface area contributed by atoms with Gasteiger partial charge in [0, 0.05) is 35.4 Å². The van der Waals surface area contributed by atoms with Crippen molar-refractivity contribution in [2.45, 2.75) is 17.6 Å². The Bertz CT molecular complexity index is 1670. The standard InChI is InChI=1S/C30H31N3O5S/c1-31-39(35,36)30-17-22(11-14-29(30)38-20-21-7-3-2-4-8-21)28(34)19-32-15-16-37-23-12-13-25-24-9-5-6-10-26(24)33-27(25)18-23/h2-14,17-18,28,31-34H,15-16,19-20H2,1H3/t28-/m0/s1. The third-order valence-corrected chi connectivity index (χ3v) is 7.95. The van der Waals surface area contributed by atoms with Crippen LogP contribution < -0.4 is 19.5 Å². The first-order valence-corrected chi connectivity index (χ1v) is 14.2. The SMILES string of the molecule is CNS(=O)(=O)c1cc([C@@H](O)CNCCOc2ccc3c(c2)[nH]c2ccccc23)ccc1OCc1ccccc1. The van der Waals surface area contributed by atoms with Crippen molar-refractivity contribution < 1.29 is 23.0 Å². The maximum Gasteiger partial charge on any atom is 0.244 e. The van der Waals surface area contributed by atoms with Gasteiger partial charge in [-0.25, -0.2) is 13.1 Å². The number of aliphatic hydroxyl groups excluding tert-OH is 1. The van der Waals surface area contributed by atoms with Crippen molar-refractivity contribution >= 4 is 31.8 Å². The van der Waals surface area contributed by atoms with Gasteiger partial charge in [0.25, 0.3) is 0 Å². The third kappa shape index (κ3) is 6.23. The van der Waals surface area contributed by atoms with Gasteiger partial charge in [-0.2, -0.15) is 0 Å². The molecule has 39 heavy (non-hydrogen) atoms. The molecule has 8 nitrogen and oxygen atoms in total. The fraction of sp³-hybridized carbons (Fsp3) is 0.200. The van der Waals surface area contributed by atoms with Crippen LogP contribution in [0.5, 0.6) is 11.5 Å². The molecule has 5 aromatic rings. The monoisotopic (exact) mass is 545 g/mol. The molecule has 0 aliphatic heterocycles. The first-order valence-electron chi connectivity index (χ1n) is 12.7. The molecule has 4 N–H and O–H groups in total. The number of sulfonamides is 1. The summed E-state index contributed by atoms with van der Waals surface area (Å²) in [5.74, 6) is 0.974. The van der Waals surface area contributed by atoms with E-state index in [9.17, 15) is 13.5 Å². The highest BCUT2D eigenvalue weighted by Gasteiger charge is 2.21. The van der Waals surface area contributed by atoms with Gasteiger partial charge in [0.2, 0.25) is 10.0 Å². The molecule has 0 aliphatic carbocycles. The Hall–Kier alpha value is -3.89. The van der Waals surface area contributed by atoms with Gasteiger partial charge >= 0.3 is 0 Å². The number of para-hydroxylation sites is 1. The average Bonchev–Trinajstić information content (AvgIpc) is 3.34. The maximum atomic E-state index is 12.7. The molecular weight excluding hydrogens is 514 g/mol. The number of benzene rings is 4. The molecular formula is C30H31N3O5S. The lowest BCUT2D eigenvalue weighted by Crippen LogP contribution is -2.26. The minimum Gasteiger partial charge on any atom is -0.492 e. The molecule has 1 atom stereocenters. The van der Waals surface area contributed by atoms with Crippen molar-refractivity contribution in [2.75, 3.05) is 26.7 Å². The number of ether oxygens (including phenoxy) is 2. The molecule has 202 valence electrons. The second kappa shape index (κ2) is 11.9. The molecule has 0 unspecified atom stereocenters. The zero-order valence-electron chi connectivity index (χ0n) is 21.6. The Morgan fingerprint density at radius 3 is 2.46 bits per heavy atom. The number of aliphatic hydroxyl groups is 1. The number of fused-ring (bicyclic) bond motifs is 3. The zero-order chi connectivity index (χ0) is 27.2. The molecule has 9 heteroatoms. The Morgan fingerprint density at radius 2 is 1.64 bits per heavy atom. The normalized spacial score (nSPS) is 12.6. The number of hydrogen-bond donors (Lipinski definition) is 4. The van der Waals surface area contributed by atoms with E-state index in [1.54, 1.807) is 12.1 Å². The molecule has 0 amide bonds. The second-order valence-electron chi connectivity index (χ2n) is 9.13. The van der Waals surface area contributed by atoms with Crippen molar-refractivity contribution in [1.29, 1.82) is 0 Å². The van der Waals surface area contributed by atoms with Crippen LogP contribution in [0.25, 0.3) is 21.8 Å². The van der Waals surface area contributed by atoms with Gasteiger partial charge in [0.05, 0.1) is 11.6 Å². The molecule has 0 saturated heterocycles. The smallest absolute Gasteiger partial charge is 0.244 e. The van der Waals surface area contributed by atoms with E-state index < -0.39 is 16.1 Å². The highest BCUT2D eigenvalue weighted by atomic mass is 32.2. The third-order valence-electron chi connectivity index (χ3n) is 6.51. The highest BCUT2D eigenvalue weighted by Crippen LogP contribution is 2.29. The Morgan fingerprint density at radius 1 is 0.872 bits per heavy atom. The van der Waals surface area contributed by atoms with Crippen LogP contribution >= 0.6 is 0 Å². The summed E-state index contributed by atoms with van der Waals surface area (Å²) in [6.45, 7) is 1.36. The summed E-state index contributed by atoms with van der Waals surface area (Å²) in [5.41, 5.74) is 3.48. The van der Waals surface area contributed by atoms with Crippen molar-refractivity contribution in [3.8, 4) is 11.5 Å². The largest absolute Gasteiger partial charge is 0.492 e. The molecule has 0 bridgehead atoms. The number of H-pyrrole nitrogens is 1. The van der Waals surface area contributed by atoms with Gasteiger partial charge in [-0.3, -0.25) is 0 Å². The molecule has 0 radical (unpaired) electrons. The van der Waals surface area contributed by atoms with E-state index >= 15 is 0 Å². The van der Waals surface area contributed by atoms with E-state index in [4.69, 9.17) is 9.47 Å². The fourth-order valence-electron chi connectivity index (χ4n) is 4.43. The summed E-state index contributed by atoms with van der Waals surface area (Å²) in [6.07, 6.45) is -0.915. The molecule has 0 aliphatic rings. The minimum atomic E-state index is -3.80. The van der Waals surface area contributed by atoms with E-state index in [1.807, 2.05) is 66.7 Å². The topological polar surface area (TPSA) is 113 Å². The van der Waals surface area contributed by atoms with Gasteiger partial charge in [-0.05, 0) is 48.5 Å². The van der Waals surface area contributed by atoms with E-state index in [-0.39, 0.29) is 23.8 Å². The Kier molecular flexibility index (Phi) is 8.13. The number of aromatic amines is 1. The van der Waals surface area contributed by atoms with Crippen LogP contribution in [0, 0.1) is 0 Å². The van der Waals surface area contributed by atoms with Crippen LogP contribution in [-0.4, -0.2) is 45.3 Å². The molecule has 1 heterocycles. The summed E-state index contributed by atoms with van der Waals surface area (Å²) in [7, 11) is -2.46. The molecule has 4 aromatic carbocycles. The van der Waals surface area contributed by atoms with Gasteiger partial charge in [-0.1, -0.05) is 54.6 Å². The van der Waals surface area contributed by atoms with Crippen molar-refractivity contribution in [2.24, 2.45) is 0 Å². The molecule has 5 rings (SSSR count). The Labute approximate surface area is 227 Å². The minimum absolute atomic E-state index is 0.0202. The first kappa shape index (κ1) is 26.7.